The number of carbonyl (C=O) groups is 1. The summed E-state index contributed by atoms with van der Waals surface area (Å²) in [5, 5.41) is 8.69. The number of anilines is 2. The molecule has 2 N–H and O–H groups in total. The molecular weight excluding hydrogens is 242 g/mol. The number of hydrogen-bond donors (Lipinski definition) is 1. The van der Waals surface area contributed by atoms with E-state index in [1.807, 2.05) is 11.0 Å². The lowest BCUT2D eigenvalue weighted by atomic mass is 10.1. The first-order valence-corrected chi connectivity index (χ1v) is 6.11. The van der Waals surface area contributed by atoms with E-state index in [0.29, 0.717) is 37.4 Å². The van der Waals surface area contributed by atoms with Crippen molar-refractivity contribution in [3.8, 4) is 6.07 Å². The molecule has 1 aromatic carbocycles. The number of hydrogen-bond acceptors (Lipinski definition) is 5. The molecule has 0 unspecified atom stereocenters. The van der Waals surface area contributed by atoms with E-state index in [9.17, 15) is 4.79 Å². The number of ketones is 1. The fraction of sp³-hybridized carbons (Fsp3) is 0.429. The van der Waals surface area contributed by atoms with Crippen LogP contribution >= 0.6 is 0 Å². The van der Waals surface area contributed by atoms with Crippen molar-refractivity contribution in [2.24, 2.45) is 0 Å². The predicted octanol–water partition coefficient (Wildman–Crippen LogP) is 1.84. The van der Waals surface area contributed by atoms with Crippen LogP contribution in [0.1, 0.15) is 23.7 Å². The first-order chi connectivity index (χ1) is 9.10. The Balaban J connectivity index is 2.97. The summed E-state index contributed by atoms with van der Waals surface area (Å²) in [7, 11) is 1.63. The van der Waals surface area contributed by atoms with E-state index in [4.69, 9.17) is 15.7 Å². The van der Waals surface area contributed by atoms with Crippen LogP contribution in [-0.4, -0.2) is 32.6 Å². The molecule has 0 aliphatic rings. The number of nitrogen functional groups attached to an aromatic ring is 1. The third kappa shape index (κ3) is 4.27. The van der Waals surface area contributed by atoms with Gasteiger partial charge in [-0.2, -0.15) is 5.26 Å². The van der Waals surface area contributed by atoms with Crippen molar-refractivity contribution in [2.45, 2.75) is 13.3 Å². The monoisotopic (exact) mass is 261 g/mol. The van der Waals surface area contributed by atoms with Crippen molar-refractivity contribution in [1.29, 1.82) is 5.26 Å². The minimum Gasteiger partial charge on any atom is -0.398 e. The van der Waals surface area contributed by atoms with Crippen molar-refractivity contribution >= 4 is 17.2 Å². The van der Waals surface area contributed by atoms with Crippen molar-refractivity contribution in [2.75, 3.05) is 37.4 Å². The number of benzene rings is 1. The third-order valence-electron chi connectivity index (χ3n) is 2.84. The predicted molar refractivity (Wildman–Crippen MR) is 75.2 cm³/mol. The fourth-order valence-corrected chi connectivity index (χ4v) is 1.80. The molecule has 19 heavy (non-hydrogen) atoms. The molecule has 0 bridgehead atoms. The molecule has 0 aromatic heterocycles. The first-order valence-electron chi connectivity index (χ1n) is 6.11. The van der Waals surface area contributed by atoms with Crippen molar-refractivity contribution in [3.05, 3.63) is 23.8 Å². The largest absolute Gasteiger partial charge is 0.398 e. The zero-order chi connectivity index (χ0) is 14.3. The van der Waals surface area contributed by atoms with Gasteiger partial charge < -0.3 is 15.4 Å². The van der Waals surface area contributed by atoms with Gasteiger partial charge in [-0.3, -0.25) is 4.79 Å². The van der Waals surface area contributed by atoms with Crippen LogP contribution in [0, 0.1) is 11.3 Å². The molecule has 0 amide bonds. The molecule has 0 aliphatic carbocycles. The van der Waals surface area contributed by atoms with Gasteiger partial charge >= 0.3 is 0 Å². The van der Waals surface area contributed by atoms with Crippen molar-refractivity contribution in [3.63, 3.8) is 0 Å². The average Bonchev–Trinajstić information content (AvgIpc) is 2.39. The Morgan fingerprint density at radius 2 is 2.21 bits per heavy atom. The maximum Gasteiger partial charge on any atom is 0.161 e. The van der Waals surface area contributed by atoms with Crippen LogP contribution in [0.5, 0.6) is 0 Å². The topological polar surface area (TPSA) is 79.3 Å². The summed E-state index contributed by atoms with van der Waals surface area (Å²) in [5.41, 5.74) is 7.64. The minimum atomic E-state index is -0.0636. The molecule has 0 aliphatic heterocycles. The average molecular weight is 261 g/mol. The number of Topliss-reactive ketones (excluding diaryl/α,β-unsaturated/α-hetero) is 1. The Morgan fingerprint density at radius 1 is 1.47 bits per heavy atom. The van der Waals surface area contributed by atoms with E-state index in [-0.39, 0.29) is 5.78 Å². The number of carbonyl (C=O) groups excluding carboxylic acids is 1. The van der Waals surface area contributed by atoms with Gasteiger partial charge in [0.25, 0.3) is 0 Å². The highest BCUT2D eigenvalue weighted by atomic mass is 16.5. The summed E-state index contributed by atoms with van der Waals surface area (Å²) >= 11 is 0. The quantitative estimate of drug-likeness (QED) is 0.598. The lowest BCUT2D eigenvalue weighted by Gasteiger charge is -2.24. The van der Waals surface area contributed by atoms with Gasteiger partial charge in [0.2, 0.25) is 0 Å². The second-order valence-electron chi connectivity index (χ2n) is 4.22. The number of nitrogens with two attached hydrogens (primary N) is 1. The van der Waals surface area contributed by atoms with Crippen LogP contribution in [0.25, 0.3) is 0 Å². The molecule has 0 atom stereocenters. The highest BCUT2D eigenvalue weighted by molar-refractivity contribution is 6.00. The summed E-state index contributed by atoms with van der Waals surface area (Å²) in [4.78, 5) is 13.5. The fourth-order valence-electron chi connectivity index (χ4n) is 1.80. The third-order valence-corrected chi connectivity index (χ3v) is 2.84. The van der Waals surface area contributed by atoms with Crippen LogP contribution in [0.15, 0.2) is 18.2 Å². The van der Waals surface area contributed by atoms with E-state index < -0.39 is 0 Å². The Kier molecular flexibility index (Phi) is 5.83. The van der Waals surface area contributed by atoms with Gasteiger partial charge in [-0.25, -0.2) is 0 Å². The summed E-state index contributed by atoms with van der Waals surface area (Å²) in [6.07, 6.45) is 0.420. The maximum atomic E-state index is 11.5. The molecule has 102 valence electrons. The molecule has 0 spiro atoms. The maximum absolute atomic E-state index is 11.5. The van der Waals surface area contributed by atoms with E-state index in [1.165, 1.54) is 6.92 Å². The molecule has 1 aromatic rings. The van der Waals surface area contributed by atoms with Gasteiger partial charge in [-0.05, 0) is 25.1 Å². The SMILES string of the molecule is COCCN(CCC#N)c1ccc(N)c(C(C)=O)c1. The Labute approximate surface area is 113 Å². The number of nitriles is 1. The molecule has 0 saturated heterocycles. The standard InChI is InChI=1S/C14H19N3O2/c1-11(18)13-10-12(4-5-14(13)16)17(7-3-6-15)8-9-19-2/h4-5,10H,3,7-9,16H2,1-2H3. The smallest absolute Gasteiger partial charge is 0.161 e. The van der Waals surface area contributed by atoms with Crippen molar-refractivity contribution in [1.82, 2.24) is 0 Å². The van der Waals surface area contributed by atoms with Gasteiger partial charge in [0.1, 0.15) is 0 Å². The van der Waals surface area contributed by atoms with Crippen LogP contribution in [0.3, 0.4) is 0 Å². The zero-order valence-electron chi connectivity index (χ0n) is 11.3. The normalized spacial score (nSPS) is 9.95. The Hall–Kier alpha value is -2.06. The Bertz CT molecular complexity index is 480. The van der Waals surface area contributed by atoms with E-state index in [2.05, 4.69) is 6.07 Å². The number of nitrogens with zero attached hydrogens (tertiary/aromatic N) is 2. The minimum absolute atomic E-state index is 0.0636. The molecule has 0 saturated carbocycles. The summed E-state index contributed by atoms with van der Waals surface area (Å²) < 4.78 is 5.06. The van der Waals surface area contributed by atoms with Gasteiger partial charge in [-0.15, -0.1) is 0 Å². The number of rotatable bonds is 7. The van der Waals surface area contributed by atoms with Crippen LogP contribution in [0.4, 0.5) is 11.4 Å². The lowest BCUT2D eigenvalue weighted by Crippen LogP contribution is -2.28. The van der Waals surface area contributed by atoms with Gasteiger partial charge in [0.15, 0.2) is 5.78 Å². The lowest BCUT2D eigenvalue weighted by molar-refractivity contribution is 0.101. The van der Waals surface area contributed by atoms with Crippen molar-refractivity contribution < 1.29 is 9.53 Å². The first kappa shape index (κ1) is 15.0. The second-order valence-corrected chi connectivity index (χ2v) is 4.22. The molecule has 0 radical (unpaired) electrons. The number of ether oxygens (including phenoxy) is 1. The molecule has 0 fully saturated rings. The van der Waals surface area contributed by atoms with Crippen LogP contribution in [-0.2, 0) is 4.74 Å². The molecular formula is C14H19N3O2. The molecule has 1 rings (SSSR count). The molecule has 0 heterocycles. The summed E-state index contributed by atoms with van der Waals surface area (Å²) in [5.74, 6) is -0.0636. The van der Waals surface area contributed by atoms with Gasteiger partial charge in [0.05, 0.1) is 19.1 Å². The Morgan fingerprint density at radius 3 is 2.79 bits per heavy atom. The summed E-state index contributed by atoms with van der Waals surface area (Å²) in [6, 6.07) is 7.46. The van der Waals surface area contributed by atoms with Crippen LogP contribution < -0.4 is 10.6 Å². The number of methoxy groups -OCH3 is 1. The van der Waals surface area contributed by atoms with Gasteiger partial charge in [-0.1, -0.05) is 0 Å². The highest BCUT2D eigenvalue weighted by Crippen LogP contribution is 2.22. The van der Waals surface area contributed by atoms with Gasteiger partial charge in [0, 0.05) is 37.1 Å². The van der Waals surface area contributed by atoms with E-state index >= 15 is 0 Å². The van der Waals surface area contributed by atoms with E-state index in [0.717, 1.165) is 5.69 Å². The summed E-state index contributed by atoms with van der Waals surface area (Å²) in [6.45, 7) is 3.32. The second kappa shape index (κ2) is 7.39. The molecule has 5 nitrogen and oxygen atoms in total. The zero-order valence-corrected chi connectivity index (χ0v) is 11.3. The van der Waals surface area contributed by atoms with Crippen LogP contribution in [0.2, 0.25) is 0 Å². The van der Waals surface area contributed by atoms with E-state index in [1.54, 1.807) is 19.2 Å². The highest BCUT2D eigenvalue weighted by Gasteiger charge is 2.11. The molecule has 5 heteroatoms.